The molecule has 84 valence electrons. The molecule has 2 aromatic heterocycles. The summed E-state index contributed by atoms with van der Waals surface area (Å²) in [5, 5.41) is 8.83. The Morgan fingerprint density at radius 3 is 2.81 bits per heavy atom. The molecule has 1 unspecified atom stereocenters. The number of halogens is 1. The number of nitrogen functional groups attached to an aromatic ring is 1. The molecular weight excluding hydrogens is 248 g/mol. The van der Waals surface area contributed by atoms with Gasteiger partial charge in [0.15, 0.2) is 0 Å². The monoisotopic (exact) mass is 256 g/mol. The first-order chi connectivity index (χ1) is 7.65. The Hall–Kier alpha value is -1.40. The van der Waals surface area contributed by atoms with Gasteiger partial charge in [-0.15, -0.1) is 5.10 Å². The molecule has 5 nitrogen and oxygen atoms in total. The predicted octanol–water partition coefficient (Wildman–Crippen LogP) is 2.31. The van der Waals surface area contributed by atoms with Crippen LogP contribution in [0.4, 0.5) is 5.13 Å². The zero-order valence-corrected chi connectivity index (χ0v) is 10.00. The first kappa shape index (κ1) is 11.1. The van der Waals surface area contributed by atoms with Gasteiger partial charge in [-0.25, -0.2) is 0 Å². The molecule has 2 aromatic rings. The summed E-state index contributed by atoms with van der Waals surface area (Å²) in [7, 11) is 0. The molecule has 16 heavy (non-hydrogen) atoms. The molecule has 0 radical (unpaired) electrons. The van der Waals surface area contributed by atoms with E-state index in [1.165, 1.54) is 11.3 Å². The van der Waals surface area contributed by atoms with E-state index in [0.29, 0.717) is 15.3 Å². The van der Waals surface area contributed by atoms with Crippen molar-refractivity contribution in [2.24, 2.45) is 0 Å². The summed E-state index contributed by atoms with van der Waals surface area (Å²) in [5.41, 5.74) is 6.22. The second-order valence-corrected chi connectivity index (χ2v) is 4.48. The first-order valence-electron chi connectivity index (χ1n) is 4.52. The minimum absolute atomic E-state index is 0.218. The van der Waals surface area contributed by atoms with Gasteiger partial charge in [0.25, 0.3) is 5.19 Å². The van der Waals surface area contributed by atoms with Crippen molar-refractivity contribution in [1.82, 2.24) is 15.2 Å². The molecule has 0 spiro atoms. The number of rotatable bonds is 3. The largest absolute Gasteiger partial charge is 0.459 e. The SMILES string of the molecule is CC(Oc1nnc(N)s1)c1ccc(Cl)cn1. The van der Waals surface area contributed by atoms with Crippen molar-refractivity contribution >= 4 is 28.1 Å². The van der Waals surface area contributed by atoms with Crippen LogP contribution in [0.5, 0.6) is 5.19 Å². The van der Waals surface area contributed by atoms with Crippen LogP contribution in [-0.4, -0.2) is 15.2 Å². The summed E-state index contributed by atoms with van der Waals surface area (Å²) in [5.74, 6) is 0. The summed E-state index contributed by atoms with van der Waals surface area (Å²) in [6.45, 7) is 1.87. The van der Waals surface area contributed by atoms with Crippen LogP contribution in [0.15, 0.2) is 18.3 Å². The Balaban J connectivity index is 2.08. The quantitative estimate of drug-likeness (QED) is 0.912. The fourth-order valence-corrected chi connectivity index (χ4v) is 1.75. The highest BCUT2D eigenvalue weighted by atomic mass is 35.5. The summed E-state index contributed by atoms with van der Waals surface area (Å²) < 4.78 is 5.52. The van der Waals surface area contributed by atoms with Gasteiger partial charge in [-0.1, -0.05) is 16.7 Å². The van der Waals surface area contributed by atoms with Gasteiger partial charge >= 0.3 is 0 Å². The molecule has 2 N–H and O–H groups in total. The fourth-order valence-electron chi connectivity index (χ4n) is 1.11. The molecule has 0 aliphatic carbocycles. The zero-order valence-electron chi connectivity index (χ0n) is 8.42. The molecule has 0 aliphatic heterocycles. The molecule has 0 aromatic carbocycles. The highest BCUT2D eigenvalue weighted by molar-refractivity contribution is 7.16. The number of nitrogens with two attached hydrogens (primary N) is 1. The maximum absolute atomic E-state index is 5.74. The van der Waals surface area contributed by atoms with Crippen LogP contribution >= 0.6 is 22.9 Å². The van der Waals surface area contributed by atoms with Crippen molar-refractivity contribution < 1.29 is 4.74 Å². The van der Waals surface area contributed by atoms with E-state index in [0.717, 1.165) is 5.69 Å². The Bertz CT molecular complexity index is 473. The first-order valence-corrected chi connectivity index (χ1v) is 5.71. The smallest absolute Gasteiger partial charge is 0.296 e. The maximum atomic E-state index is 5.74. The van der Waals surface area contributed by atoms with Crippen LogP contribution in [0.3, 0.4) is 0 Å². The van der Waals surface area contributed by atoms with Gasteiger partial charge in [0.2, 0.25) is 5.13 Å². The van der Waals surface area contributed by atoms with E-state index in [4.69, 9.17) is 22.1 Å². The topological polar surface area (TPSA) is 73.9 Å². The number of hydrogen-bond donors (Lipinski definition) is 1. The number of anilines is 1. The van der Waals surface area contributed by atoms with E-state index in [1.54, 1.807) is 18.3 Å². The normalized spacial score (nSPS) is 12.4. The number of pyridine rings is 1. The molecule has 1 atom stereocenters. The maximum Gasteiger partial charge on any atom is 0.296 e. The second-order valence-electron chi connectivity index (χ2n) is 3.07. The van der Waals surface area contributed by atoms with E-state index in [-0.39, 0.29) is 6.10 Å². The summed E-state index contributed by atoms with van der Waals surface area (Å²) in [6.07, 6.45) is 1.36. The van der Waals surface area contributed by atoms with E-state index in [1.807, 2.05) is 6.92 Å². The average Bonchev–Trinajstić information content (AvgIpc) is 2.65. The Kier molecular flexibility index (Phi) is 3.21. The van der Waals surface area contributed by atoms with Gasteiger partial charge in [0.1, 0.15) is 6.10 Å². The fraction of sp³-hybridized carbons (Fsp3) is 0.222. The molecule has 2 rings (SSSR count). The summed E-state index contributed by atoms with van der Waals surface area (Å²) >= 11 is 6.93. The van der Waals surface area contributed by atoms with Gasteiger partial charge < -0.3 is 10.5 Å². The third kappa shape index (κ3) is 2.59. The van der Waals surface area contributed by atoms with Crippen LogP contribution in [-0.2, 0) is 0 Å². The van der Waals surface area contributed by atoms with Crippen LogP contribution < -0.4 is 10.5 Å². The highest BCUT2D eigenvalue weighted by Crippen LogP contribution is 2.25. The lowest BCUT2D eigenvalue weighted by atomic mass is 10.2. The van der Waals surface area contributed by atoms with Gasteiger partial charge in [0, 0.05) is 6.20 Å². The van der Waals surface area contributed by atoms with Gasteiger partial charge in [0.05, 0.1) is 10.7 Å². The van der Waals surface area contributed by atoms with Crippen LogP contribution in [0.2, 0.25) is 5.02 Å². The predicted molar refractivity (Wildman–Crippen MR) is 62.6 cm³/mol. The van der Waals surface area contributed by atoms with Gasteiger partial charge in [-0.2, -0.15) is 0 Å². The number of aromatic nitrogens is 3. The molecule has 2 heterocycles. The Morgan fingerprint density at radius 2 is 2.25 bits per heavy atom. The van der Waals surface area contributed by atoms with Crippen LogP contribution in [0, 0.1) is 0 Å². The summed E-state index contributed by atoms with van der Waals surface area (Å²) in [4.78, 5) is 4.15. The molecule has 0 aliphatic rings. The lowest BCUT2D eigenvalue weighted by molar-refractivity contribution is 0.219. The average molecular weight is 257 g/mol. The number of ether oxygens (including phenoxy) is 1. The van der Waals surface area contributed by atoms with E-state index < -0.39 is 0 Å². The van der Waals surface area contributed by atoms with Gasteiger partial charge in [-0.05, 0) is 30.4 Å². The molecule has 0 amide bonds. The molecular formula is C9H9ClN4OS. The Morgan fingerprint density at radius 1 is 1.44 bits per heavy atom. The second kappa shape index (κ2) is 4.63. The van der Waals surface area contributed by atoms with E-state index in [9.17, 15) is 0 Å². The standard InChI is InChI=1S/C9H9ClN4OS/c1-5(7-3-2-6(10)4-12-7)15-9-14-13-8(11)16-9/h2-5H,1H3,(H2,11,13). The lowest BCUT2D eigenvalue weighted by Gasteiger charge is -2.10. The minimum Gasteiger partial charge on any atom is -0.459 e. The van der Waals surface area contributed by atoms with Crippen molar-refractivity contribution in [2.75, 3.05) is 5.73 Å². The number of hydrogen-bond acceptors (Lipinski definition) is 6. The van der Waals surface area contributed by atoms with Crippen molar-refractivity contribution in [3.8, 4) is 5.19 Å². The molecule has 0 saturated carbocycles. The van der Waals surface area contributed by atoms with Crippen molar-refractivity contribution in [1.29, 1.82) is 0 Å². The zero-order chi connectivity index (χ0) is 11.5. The van der Waals surface area contributed by atoms with Crippen molar-refractivity contribution in [2.45, 2.75) is 13.0 Å². The van der Waals surface area contributed by atoms with Crippen LogP contribution in [0.25, 0.3) is 0 Å². The molecule has 0 fully saturated rings. The molecule has 7 heteroatoms. The minimum atomic E-state index is -0.218. The number of nitrogens with zero attached hydrogens (tertiary/aromatic N) is 3. The highest BCUT2D eigenvalue weighted by Gasteiger charge is 2.11. The van der Waals surface area contributed by atoms with Crippen LogP contribution in [0.1, 0.15) is 18.7 Å². The summed E-state index contributed by atoms with van der Waals surface area (Å²) in [6, 6.07) is 3.57. The van der Waals surface area contributed by atoms with E-state index >= 15 is 0 Å². The molecule has 0 bridgehead atoms. The van der Waals surface area contributed by atoms with E-state index in [2.05, 4.69) is 15.2 Å². The molecule has 0 saturated heterocycles. The third-order valence-electron chi connectivity index (χ3n) is 1.87. The van der Waals surface area contributed by atoms with Gasteiger partial charge in [-0.3, -0.25) is 4.98 Å². The van der Waals surface area contributed by atoms with Crippen molar-refractivity contribution in [3.63, 3.8) is 0 Å². The lowest BCUT2D eigenvalue weighted by Crippen LogP contribution is -2.04. The van der Waals surface area contributed by atoms with Crippen molar-refractivity contribution in [3.05, 3.63) is 29.0 Å². The Labute approximate surface area is 101 Å². The third-order valence-corrected chi connectivity index (χ3v) is 2.73.